The van der Waals surface area contributed by atoms with Crippen molar-refractivity contribution >= 4 is 17.9 Å². The maximum absolute atomic E-state index is 12.6. The minimum Gasteiger partial charge on any atom is -0.544 e. The molecule has 294 valence electrons. The van der Waals surface area contributed by atoms with Crippen molar-refractivity contribution in [3.63, 3.8) is 0 Å². The second kappa shape index (κ2) is 34.4. The number of rotatable bonds is 35. The maximum atomic E-state index is 12.6. The summed E-state index contributed by atoms with van der Waals surface area (Å²) in [5.74, 6) is -1.81. The molecule has 2 unspecified atom stereocenters. The first-order valence-corrected chi connectivity index (χ1v) is 20.2. The van der Waals surface area contributed by atoms with E-state index in [1.54, 1.807) is 21.1 Å². The molecule has 0 amide bonds. The van der Waals surface area contributed by atoms with E-state index in [0.717, 1.165) is 44.9 Å². The number of likely N-dealkylation sites (N-methyl/N-ethyl adjacent to an activating group) is 1. The number of esters is 2. The molecule has 0 radical (unpaired) electrons. The molecule has 0 aromatic heterocycles. The lowest BCUT2D eigenvalue weighted by atomic mass is 10.1. The fourth-order valence-corrected chi connectivity index (χ4v) is 5.53. The number of unbranched alkanes of at least 4 members (excludes halogenated alkanes) is 13. The number of allylic oxidation sites excluding steroid dienone is 8. The Morgan fingerprint density at radius 1 is 0.588 bits per heavy atom. The summed E-state index contributed by atoms with van der Waals surface area (Å²) in [4.78, 5) is 36.6. The number of carbonyl (C=O) groups is 3. The van der Waals surface area contributed by atoms with Gasteiger partial charge < -0.3 is 28.6 Å². The van der Waals surface area contributed by atoms with Crippen molar-refractivity contribution in [1.29, 1.82) is 0 Å². The van der Waals surface area contributed by atoms with Crippen LogP contribution in [0.15, 0.2) is 48.6 Å². The topological polar surface area (TPSA) is 102 Å². The van der Waals surface area contributed by atoms with E-state index in [1.165, 1.54) is 70.6 Å². The Balaban J connectivity index is 4.47. The quantitative estimate of drug-likeness (QED) is 0.0279. The number of aliphatic carboxylic acids is 1. The van der Waals surface area contributed by atoms with E-state index in [-0.39, 0.29) is 49.1 Å². The number of ether oxygens (including phenoxy) is 3. The Bertz CT molecular complexity index is 979. The number of carbonyl (C=O) groups excluding carboxylic acids is 3. The van der Waals surface area contributed by atoms with Crippen molar-refractivity contribution in [1.82, 2.24) is 0 Å². The van der Waals surface area contributed by atoms with Crippen molar-refractivity contribution in [2.45, 2.75) is 167 Å². The van der Waals surface area contributed by atoms with Gasteiger partial charge in [-0.25, -0.2) is 0 Å². The van der Waals surface area contributed by atoms with Crippen LogP contribution >= 0.6 is 0 Å². The highest BCUT2D eigenvalue weighted by atomic mass is 16.6. The highest BCUT2D eigenvalue weighted by molar-refractivity contribution is 5.70. The fourth-order valence-electron chi connectivity index (χ4n) is 5.53. The van der Waals surface area contributed by atoms with Gasteiger partial charge in [0.15, 0.2) is 6.10 Å². The summed E-state index contributed by atoms with van der Waals surface area (Å²) in [6.07, 6.45) is 38.5. The summed E-state index contributed by atoms with van der Waals surface area (Å²) in [6, 6.07) is -0.732. The molecule has 0 aliphatic carbocycles. The Labute approximate surface area is 312 Å². The first-order valence-electron chi connectivity index (χ1n) is 20.2. The molecule has 0 saturated carbocycles. The summed E-state index contributed by atoms with van der Waals surface area (Å²) >= 11 is 0. The molecule has 0 aliphatic rings. The summed E-state index contributed by atoms with van der Waals surface area (Å²) in [5.41, 5.74) is 0. The van der Waals surface area contributed by atoms with Gasteiger partial charge in [-0.1, -0.05) is 133 Å². The van der Waals surface area contributed by atoms with Crippen molar-refractivity contribution in [3.05, 3.63) is 48.6 Å². The van der Waals surface area contributed by atoms with Crippen molar-refractivity contribution in [3.8, 4) is 0 Å². The molecule has 0 saturated heterocycles. The summed E-state index contributed by atoms with van der Waals surface area (Å²) in [5, 5.41) is 11.6. The molecule has 51 heavy (non-hydrogen) atoms. The van der Waals surface area contributed by atoms with Crippen LogP contribution in [0.2, 0.25) is 0 Å². The van der Waals surface area contributed by atoms with Gasteiger partial charge in [0.2, 0.25) is 0 Å². The van der Waals surface area contributed by atoms with Crippen LogP contribution < -0.4 is 5.11 Å². The molecule has 0 rings (SSSR count). The zero-order valence-corrected chi connectivity index (χ0v) is 33.3. The highest BCUT2D eigenvalue weighted by Crippen LogP contribution is 2.13. The molecule has 0 aromatic carbocycles. The van der Waals surface area contributed by atoms with E-state index in [1.807, 2.05) is 0 Å². The van der Waals surface area contributed by atoms with E-state index >= 15 is 0 Å². The first-order chi connectivity index (χ1) is 24.6. The Morgan fingerprint density at radius 2 is 1.06 bits per heavy atom. The van der Waals surface area contributed by atoms with E-state index in [2.05, 4.69) is 62.5 Å². The molecule has 0 heterocycles. The smallest absolute Gasteiger partial charge is 0.306 e. The van der Waals surface area contributed by atoms with Gasteiger partial charge in [-0.3, -0.25) is 9.59 Å². The van der Waals surface area contributed by atoms with E-state index in [4.69, 9.17) is 14.2 Å². The second-order valence-corrected chi connectivity index (χ2v) is 14.5. The fraction of sp³-hybridized carbons (Fsp3) is 0.744. The molecule has 2 atom stereocenters. The predicted molar refractivity (Wildman–Crippen MR) is 208 cm³/mol. The zero-order valence-electron chi connectivity index (χ0n) is 33.3. The van der Waals surface area contributed by atoms with Crippen LogP contribution in [0.4, 0.5) is 0 Å². The number of nitrogens with zero attached hydrogens (tertiary/aromatic N) is 1. The minimum atomic E-state index is -1.13. The molecule has 0 aliphatic heterocycles. The van der Waals surface area contributed by atoms with E-state index in [9.17, 15) is 19.5 Å². The molecular weight excluding hydrogens is 642 g/mol. The number of hydrogen-bond acceptors (Lipinski definition) is 7. The highest BCUT2D eigenvalue weighted by Gasteiger charge is 2.25. The lowest BCUT2D eigenvalue weighted by Crippen LogP contribution is -2.55. The standard InChI is InChI=1S/C43H75NO7/c1-6-8-10-12-14-16-18-19-20-21-22-23-24-26-27-29-31-33-41(45)50-38-39(37-49-36-35-40(43(47)48)44(3,4)5)51-42(46)34-32-30-28-25-17-15-13-11-9-7-2/h14,16,19-20,22-23,26-27,39-40H,6-13,15,17-18,21,24-25,28-38H2,1-5H3/b16-14+,20-19+,23-22+,27-26+. The molecular formula is C43H75NO7. The van der Waals surface area contributed by atoms with Crippen molar-refractivity contribution in [2.24, 2.45) is 0 Å². The Kier molecular flexibility index (Phi) is 32.6. The van der Waals surface area contributed by atoms with Crippen LogP contribution in [0.3, 0.4) is 0 Å². The molecule has 0 spiro atoms. The van der Waals surface area contributed by atoms with Crippen LogP contribution in [0.25, 0.3) is 0 Å². The summed E-state index contributed by atoms with van der Waals surface area (Å²) in [6.45, 7) is 4.54. The normalized spacial score (nSPS) is 13.5. The number of hydrogen-bond donors (Lipinski definition) is 0. The minimum absolute atomic E-state index is 0.0240. The second-order valence-electron chi connectivity index (χ2n) is 14.5. The van der Waals surface area contributed by atoms with Gasteiger partial charge in [-0.2, -0.15) is 0 Å². The van der Waals surface area contributed by atoms with Gasteiger partial charge >= 0.3 is 11.9 Å². The number of carboxylic acid groups (broad SMARTS) is 1. The summed E-state index contributed by atoms with van der Waals surface area (Å²) < 4.78 is 17.0. The van der Waals surface area contributed by atoms with Crippen LogP contribution in [0.1, 0.15) is 155 Å². The number of quaternary nitrogens is 1. The van der Waals surface area contributed by atoms with E-state index < -0.39 is 18.1 Å². The monoisotopic (exact) mass is 718 g/mol. The largest absolute Gasteiger partial charge is 0.544 e. The Hall–Kier alpha value is -2.71. The third kappa shape index (κ3) is 32.9. The van der Waals surface area contributed by atoms with Crippen molar-refractivity contribution < 1.29 is 38.2 Å². The average Bonchev–Trinajstić information content (AvgIpc) is 3.08. The van der Waals surface area contributed by atoms with Crippen LogP contribution in [-0.4, -0.2) is 75.5 Å². The molecule has 0 bridgehead atoms. The van der Waals surface area contributed by atoms with Gasteiger partial charge in [0.25, 0.3) is 0 Å². The molecule has 8 heteroatoms. The molecule has 0 fully saturated rings. The number of carboxylic acids is 1. The maximum Gasteiger partial charge on any atom is 0.306 e. The molecule has 0 N–H and O–H groups in total. The van der Waals surface area contributed by atoms with E-state index in [0.29, 0.717) is 12.8 Å². The van der Waals surface area contributed by atoms with Crippen LogP contribution in [0.5, 0.6) is 0 Å². The van der Waals surface area contributed by atoms with Gasteiger partial charge in [0.1, 0.15) is 12.6 Å². The lowest BCUT2D eigenvalue weighted by molar-refractivity contribution is -0.889. The van der Waals surface area contributed by atoms with Crippen molar-refractivity contribution in [2.75, 3.05) is 41.0 Å². The molecule has 0 aromatic rings. The average molecular weight is 718 g/mol. The summed E-state index contributed by atoms with van der Waals surface area (Å²) in [7, 11) is 5.38. The lowest BCUT2D eigenvalue weighted by Gasteiger charge is -2.34. The molecule has 8 nitrogen and oxygen atoms in total. The third-order valence-electron chi connectivity index (χ3n) is 8.72. The predicted octanol–water partition coefficient (Wildman–Crippen LogP) is 9.13. The van der Waals surface area contributed by atoms with Crippen LogP contribution in [-0.2, 0) is 28.6 Å². The third-order valence-corrected chi connectivity index (χ3v) is 8.72. The van der Waals surface area contributed by atoms with Gasteiger partial charge in [0, 0.05) is 19.3 Å². The first kappa shape index (κ1) is 48.3. The van der Waals surface area contributed by atoms with Gasteiger partial charge in [-0.05, 0) is 51.4 Å². The van der Waals surface area contributed by atoms with Crippen LogP contribution in [0, 0.1) is 0 Å². The SMILES string of the molecule is CCCCC/C=C/C/C=C/C/C=C/C/C=C/CCCC(=O)OCC(COCCC(C(=O)[O-])[N+](C)(C)C)OC(=O)CCCCCCCCCCCC. The Morgan fingerprint density at radius 3 is 1.59 bits per heavy atom. The zero-order chi connectivity index (χ0) is 37.8. The van der Waals surface area contributed by atoms with Gasteiger partial charge in [-0.15, -0.1) is 0 Å². The van der Waals surface area contributed by atoms with Gasteiger partial charge in [0.05, 0.1) is 40.3 Å².